The number of carbonyl (C=O) groups excluding carboxylic acids is 2. The summed E-state index contributed by atoms with van der Waals surface area (Å²) in [7, 11) is 3.66. The molecule has 0 fully saturated rings. The minimum absolute atomic E-state index is 0.256. The van der Waals surface area contributed by atoms with E-state index in [-0.39, 0.29) is 18.3 Å². The predicted molar refractivity (Wildman–Crippen MR) is 125 cm³/mol. The lowest BCUT2D eigenvalue weighted by Crippen LogP contribution is -2.26. The van der Waals surface area contributed by atoms with Crippen molar-refractivity contribution in [2.45, 2.75) is 6.54 Å². The fourth-order valence-electron chi connectivity index (χ4n) is 2.91. The molecular formula is C23H22BrFN4O2. The summed E-state index contributed by atoms with van der Waals surface area (Å²) in [5.41, 5.74) is 2.99. The number of para-hydroxylation sites is 1. The topological polar surface area (TPSA) is 73.5 Å². The second-order valence-corrected chi connectivity index (χ2v) is 7.85. The molecule has 0 spiro atoms. The molecule has 0 atom stereocenters. The van der Waals surface area contributed by atoms with Crippen LogP contribution in [0.4, 0.5) is 26.2 Å². The Balaban J connectivity index is 1.73. The second kappa shape index (κ2) is 10.1. The first-order chi connectivity index (χ1) is 14.8. The molecule has 0 radical (unpaired) electrons. The Morgan fingerprint density at radius 3 is 2.35 bits per heavy atom. The molecule has 6 nitrogen and oxygen atoms in total. The van der Waals surface area contributed by atoms with Crippen LogP contribution >= 0.6 is 15.9 Å². The third-order valence-electron chi connectivity index (χ3n) is 4.47. The van der Waals surface area contributed by atoms with Crippen molar-refractivity contribution in [3.05, 3.63) is 88.1 Å². The van der Waals surface area contributed by atoms with E-state index in [2.05, 4.69) is 31.9 Å². The summed E-state index contributed by atoms with van der Waals surface area (Å²) in [6.07, 6.45) is 0. The summed E-state index contributed by atoms with van der Waals surface area (Å²) in [6, 6.07) is 17.9. The van der Waals surface area contributed by atoms with Crippen LogP contribution in [0.25, 0.3) is 0 Å². The van der Waals surface area contributed by atoms with Gasteiger partial charge in [-0.15, -0.1) is 0 Å². The SMILES string of the molecule is CN(C)c1ccc(NC(=O)Nc2ccccc2Br)cc1C(=O)NCc1ccc(F)cc1. The maximum absolute atomic E-state index is 13.1. The first-order valence-electron chi connectivity index (χ1n) is 9.50. The average Bonchev–Trinajstić information content (AvgIpc) is 2.74. The lowest BCUT2D eigenvalue weighted by atomic mass is 10.1. The standard InChI is InChI=1S/C23H22BrFN4O2/c1-29(2)21-12-11-17(27-23(31)28-20-6-4-3-5-19(20)24)13-18(21)22(30)26-14-15-7-9-16(25)10-8-15/h3-13H,14H2,1-2H3,(H,26,30)(H2,27,28,31). The van der Waals surface area contributed by atoms with Crippen molar-refractivity contribution in [2.24, 2.45) is 0 Å². The molecule has 3 aromatic carbocycles. The third-order valence-corrected chi connectivity index (χ3v) is 5.16. The molecule has 0 unspecified atom stereocenters. The second-order valence-electron chi connectivity index (χ2n) is 6.99. The number of nitrogens with zero attached hydrogens (tertiary/aromatic N) is 1. The van der Waals surface area contributed by atoms with E-state index >= 15 is 0 Å². The van der Waals surface area contributed by atoms with E-state index in [0.717, 1.165) is 10.0 Å². The van der Waals surface area contributed by atoms with Gasteiger partial charge in [0.2, 0.25) is 0 Å². The molecule has 0 saturated carbocycles. The van der Waals surface area contributed by atoms with Gasteiger partial charge in [0, 0.05) is 36.5 Å². The van der Waals surface area contributed by atoms with E-state index < -0.39 is 6.03 Å². The number of amides is 3. The number of halogens is 2. The highest BCUT2D eigenvalue weighted by Crippen LogP contribution is 2.24. The molecule has 31 heavy (non-hydrogen) atoms. The number of anilines is 3. The van der Waals surface area contributed by atoms with Gasteiger partial charge in [0.1, 0.15) is 5.82 Å². The normalized spacial score (nSPS) is 10.3. The van der Waals surface area contributed by atoms with E-state index in [0.29, 0.717) is 22.6 Å². The maximum atomic E-state index is 13.1. The van der Waals surface area contributed by atoms with Gasteiger partial charge in [-0.05, 0) is 64.0 Å². The fourth-order valence-corrected chi connectivity index (χ4v) is 3.30. The molecule has 0 bridgehead atoms. The fraction of sp³-hybridized carbons (Fsp3) is 0.130. The molecule has 160 valence electrons. The van der Waals surface area contributed by atoms with E-state index in [1.807, 2.05) is 37.2 Å². The van der Waals surface area contributed by atoms with Gasteiger partial charge in [0.15, 0.2) is 0 Å². The van der Waals surface area contributed by atoms with Gasteiger partial charge in [0.25, 0.3) is 5.91 Å². The molecule has 3 N–H and O–H groups in total. The minimum Gasteiger partial charge on any atom is -0.377 e. The van der Waals surface area contributed by atoms with Crippen molar-refractivity contribution in [3.63, 3.8) is 0 Å². The first kappa shape index (κ1) is 22.3. The van der Waals surface area contributed by atoms with Crippen molar-refractivity contribution in [2.75, 3.05) is 29.6 Å². The van der Waals surface area contributed by atoms with Gasteiger partial charge in [-0.1, -0.05) is 24.3 Å². The van der Waals surface area contributed by atoms with Gasteiger partial charge in [0.05, 0.1) is 11.3 Å². The molecule has 8 heteroatoms. The number of carbonyl (C=O) groups is 2. The highest BCUT2D eigenvalue weighted by atomic mass is 79.9. The Morgan fingerprint density at radius 1 is 0.968 bits per heavy atom. The largest absolute Gasteiger partial charge is 0.377 e. The van der Waals surface area contributed by atoms with Gasteiger partial charge >= 0.3 is 6.03 Å². The quantitative estimate of drug-likeness (QED) is 0.448. The molecule has 3 amide bonds. The summed E-state index contributed by atoms with van der Waals surface area (Å²) in [6.45, 7) is 0.256. The number of urea groups is 1. The lowest BCUT2D eigenvalue weighted by molar-refractivity contribution is 0.0951. The molecule has 3 aromatic rings. The van der Waals surface area contributed by atoms with Crippen LogP contribution in [-0.4, -0.2) is 26.0 Å². The molecule has 0 aromatic heterocycles. The molecule has 0 aliphatic carbocycles. The van der Waals surface area contributed by atoms with Crippen LogP contribution in [0, 0.1) is 5.82 Å². The van der Waals surface area contributed by atoms with Crippen LogP contribution in [0.5, 0.6) is 0 Å². The van der Waals surface area contributed by atoms with Crippen molar-refractivity contribution < 1.29 is 14.0 Å². The molecule has 0 aliphatic rings. The van der Waals surface area contributed by atoms with Crippen LogP contribution < -0.4 is 20.9 Å². The smallest absolute Gasteiger partial charge is 0.323 e. The maximum Gasteiger partial charge on any atom is 0.323 e. The van der Waals surface area contributed by atoms with Crippen LogP contribution in [-0.2, 0) is 6.54 Å². The Kier molecular flexibility index (Phi) is 7.25. The predicted octanol–water partition coefficient (Wildman–Crippen LogP) is 5.23. The van der Waals surface area contributed by atoms with Gasteiger partial charge < -0.3 is 20.9 Å². The summed E-state index contributed by atoms with van der Waals surface area (Å²) in [5, 5.41) is 8.34. The Labute approximate surface area is 188 Å². The van der Waals surface area contributed by atoms with Crippen LogP contribution in [0.1, 0.15) is 15.9 Å². The molecule has 3 rings (SSSR count). The Bertz CT molecular complexity index is 1090. The van der Waals surface area contributed by atoms with Gasteiger partial charge in [-0.3, -0.25) is 4.79 Å². The van der Waals surface area contributed by atoms with Crippen molar-refractivity contribution in [3.8, 4) is 0 Å². The van der Waals surface area contributed by atoms with Crippen LogP contribution in [0.2, 0.25) is 0 Å². The summed E-state index contributed by atoms with van der Waals surface area (Å²) < 4.78 is 13.8. The van der Waals surface area contributed by atoms with E-state index in [1.165, 1.54) is 12.1 Å². The van der Waals surface area contributed by atoms with E-state index in [4.69, 9.17) is 0 Å². The van der Waals surface area contributed by atoms with Crippen LogP contribution in [0.3, 0.4) is 0 Å². The molecular weight excluding hydrogens is 463 g/mol. The first-order valence-corrected chi connectivity index (χ1v) is 10.3. The average molecular weight is 485 g/mol. The number of rotatable bonds is 6. The lowest BCUT2D eigenvalue weighted by Gasteiger charge is -2.19. The van der Waals surface area contributed by atoms with Gasteiger partial charge in [-0.25, -0.2) is 9.18 Å². The number of hydrogen-bond donors (Lipinski definition) is 3. The van der Waals surface area contributed by atoms with E-state index in [1.54, 1.807) is 36.4 Å². The van der Waals surface area contributed by atoms with Crippen molar-refractivity contribution in [1.29, 1.82) is 0 Å². The monoisotopic (exact) mass is 484 g/mol. The number of nitrogens with one attached hydrogen (secondary N) is 3. The highest BCUT2D eigenvalue weighted by molar-refractivity contribution is 9.10. The highest BCUT2D eigenvalue weighted by Gasteiger charge is 2.15. The van der Waals surface area contributed by atoms with E-state index in [9.17, 15) is 14.0 Å². The zero-order valence-corrected chi connectivity index (χ0v) is 18.7. The zero-order chi connectivity index (χ0) is 22.4. The Hall–Kier alpha value is -3.39. The molecule has 0 heterocycles. The third kappa shape index (κ3) is 6.05. The van der Waals surface area contributed by atoms with Crippen LogP contribution in [0.15, 0.2) is 71.2 Å². The number of hydrogen-bond acceptors (Lipinski definition) is 3. The van der Waals surface area contributed by atoms with Gasteiger partial charge in [-0.2, -0.15) is 0 Å². The zero-order valence-electron chi connectivity index (χ0n) is 17.1. The van der Waals surface area contributed by atoms with Crippen molar-refractivity contribution >= 4 is 44.9 Å². The molecule has 0 saturated heterocycles. The number of benzene rings is 3. The Morgan fingerprint density at radius 2 is 1.68 bits per heavy atom. The summed E-state index contributed by atoms with van der Waals surface area (Å²) in [5.74, 6) is -0.632. The summed E-state index contributed by atoms with van der Waals surface area (Å²) >= 11 is 3.39. The minimum atomic E-state index is -0.429. The summed E-state index contributed by atoms with van der Waals surface area (Å²) in [4.78, 5) is 27.0. The molecule has 0 aliphatic heterocycles. The van der Waals surface area contributed by atoms with Crippen molar-refractivity contribution in [1.82, 2.24) is 5.32 Å².